The number of phenols is 1. The first-order chi connectivity index (χ1) is 9.65. The van der Waals surface area contributed by atoms with E-state index in [4.69, 9.17) is 5.84 Å². The molecule has 0 bridgehead atoms. The molecule has 0 spiro atoms. The molecule has 4 N–H and O–H groups in total. The number of rotatable bonds is 5. The molecular weight excluding hydrogens is 280 g/mol. The fourth-order valence-corrected chi connectivity index (χ4v) is 2.47. The molecule has 9 heteroatoms. The monoisotopic (exact) mass is 294 g/mol. The van der Waals surface area contributed by atoms with Gasteiger partial charge in [-0.2, -0.15) is 4.68 Å². The van der Waals surface area contributed by atoms with Crippen molar-refractivity contribution in [1.82, 2.24) is 25.6 Å². The Bertz CT molecular complexity index is 585. The number of aromatic nitrogens is 4. The Hall–Kier alpha value is -2.13. The van der Waals surface area contributed by atoms with Gasteiger partial charge < -0.3 is 5.11 Å². The number of aromatic hydroxyl groups is 1. The van der Waals surface area contributed by atoms with Gasteiger partial charge >= 0.3 is 0 Å². The highest BCUT2D eigenvalue weighted by Gasteiger charge is 2.21. The molecular formula is C11H14N6O2S. The Morgan fingerprint density at radius 3 is 2.80 bits per heavy atom. The summed E-state index contributed by atoms with van der Waals surface area (Å²) in [6.07, 6.45) is 0.593. The summed E-state index contributed by atoms with van der Waals surface area (Å²) >= 11 is 1.23. The molecule has 0 saturated heterocycles. The maximum absolute atomic E-state index is 11.6. The summed E-state index contributed by atoms with van der Waals surface area (Å²) in [5.41, 5.74) is 2.82. The van der Waals surface area contributed by atoms with E-state index in [0.717, 1.165) is 0 Å². The third-order valence-electron chi connectivity index (χ3n) is 2.59. The second kappa shape index (κ2) is 6.35. The van der Waals surface area contributed by atoms with Crippen molar-refractivity contribution in [2.45, 2.75) is 23.8 Å². The van der Waals surface area contributed by atoms with Crippen molar-refractivity contribution in [1.29, 1.82) is 0 Å². The smallest absolute Gasteiger partial charge is 0.247 e. The van der Waals surface area contributed by atoms with E-state index in [1.165, 1.54) is 28.6 Å². The number of nitrogens with one attached hydrogen (secondary N) is 1. The molecule has 1 atom stereocenters. The first kappa shape index (κ1) is 14.3. The van der Waals surface area contributed by atoms with Crippen LogP contribution in [0.5, 0.6) is 5.75 Å². The number of benzene rings is 1. The highest BCUT2D eigenvalue weighted by molar-refractivity contribution is 8.00. The largest absolute Gasteiger partial charge is 0.508 e. The molecule has 1 heterocycles. The Labute approximate surface area is 119 Å². The number of hydrogen-bond acceptors (Lipinski definition) is 7. The van der Waals surface area contributed by atoms with Crippen LogP contribution in [-0.2, 0) is 4.79 Å². The molecule has 2 aromatic rings. The number of hydrogen-bond donors (Lipinski definition) is 3. The standard InChI is InChI=1S/C11H14N6O2S/c1-2-9(10(19)13-12)20-11-14-15-16-17(11)7-3-5-8(18)6-4-7/h3-6,9,18H,2,12H2,1H3,(H,13,19). The van der Waals surface area contributed by atoms with Crippen molar-refractivity contribution in [2.24, 2.45) is 5.84 Å². The lowest BCUT2D eigenvalue weighted by atomic mass is 10.3. The molecule has 1 aromatic heterocycles. The number of tetrazole rings is 1. The average Bonchev–Trinajstić information content (AvgIpc) is 2.93. The van der Waals surface area contributed by atoms with Crippen molar-refractivity contribution < 1.29 is 9.90 Å². The van der Waals surface area contributed by atoms with Crippen LogP contribution in [0.3, 0.4) is 0 Å². The van der Waals surface area contributed by atoms with Crippen molar-refractivity contribution in [2.75, 3.05) is 0 Å². The van der Waals surface area contributed by atoms with E-state index in [2.05, 4.69) is 21.0 Å². The van der Waals surface area contributed by atoms with Crippen molar-refractivity contribution in [3.05, 3.63) is 24.3 Å². The predicted octanol–water partition coefficient (Wildman–Crippen LogP) is 0.228. The number of amides is 1. The van der Waals surface area contributed by atoms with E-state index in [9.17, 15) is 9.90 Å². The van der Waals surface area contributed by atoms with Crippen LogP contribution in [0.15, 0.2) is 29.4 Å². The SMILES string of the molecule is CCC(Sc1nnnn1-c1ccc(O)cc1)C(=O)NN. The van der Waals surface area contributed by atoms with Gasteiger partial charge in [0.25, 0.3) is 0 Å². The highest BCUT2D eigenvalue weighted by atomic mass is 32.2. The van der Waals surface area contributed by atoms with Gasteiger partial charge in [0, 0.05) is 0 Å². The van der Waals surface area contributed by atoms with Gasteiger partial charge in [-0.15, -0.1) is 5.10 Å². The molecule has 0 aliphatic rings. The molecule has 0 aliphatic carbocycles. The van der Waals surface area contributed by atoms with Crippen LogP contribution in [-0.4, -0.2) is 36.5 Å². The van der Waals surface area contributed by atoms with E-state index in [1.54, 1.807) is 12.1 Å². The number of carbonyl (C=O) groups excluding carboxylic acids is 1. The van der Waals surface area contributed by atoms with Crippen LogP contribution in [0.1, 0.15) is 13.3 Å². The lowest BCUT2D eigenvalue weighted by Gasteiger charge is -2.11. The first-order valence-electron chi connectivity index (χ1n) is 5.90. The minimum absolute atomic E-state index is 0.157. The quantitative estimate of drug-likeness (QED) is 0.312. The first-order valence-corrected chi connectivity index (χ1v) is 6.78. The minimum Gasteiger partial charge on any atom is -0.508 e. The van der Waals surface area contributed by atoms with Gasteiger partial charge in [-0.3, -0.25) is 10.2 Å². The van der Waals surface area contributed by atoms with Gasteiger partial charge in [0.1, 0.15) is 5.75 Å². The summed E-state index contributed by atoms with van der Waals surface area (Å²) in [6.45, 7) is 1.88. The lowest BCUT2D eigenvalue weighted by Crippen LogP contribution is -2.37. The second-order valence-electron chi connectivity index (χ2n) is 3.91. The molecule has 8 nitrogen and oxygen atoms in total. The summed E-state index contributed by atoms with van der Waals surface area (Å²) in [4.78, 5) is 11.6. The van der Waals surface area contributed by atoms with E-state index >= 15 is 0 Å². The van der Waals surface area contributed by atoms with Crippen LogP contribution in [0.25, 0.3) is 5.69 Å². The Morgan fingerprint density at radius 1 is 1.50 bits per heavy atom. The highest BCUT2D eigenvalue weighted by Crippen LogP contribution is 2.25. The van der Waals surface area contributed by atoms with E-state index in [-0.39, 0.29) is 16.9 Å². The summed E-state index contributed by atoms with van der Waals surface area (Å²) in [5.74, 6) is 5.02. The molecule has 0 saturated carbocycles. The van der Waals surface area contributed by atoms with E-state index in [0.29, 0.717) is 17.3 Å². The topological polar surface area (TPSA) is 119 Å². The molecule has 1 aromatic carbocycles. The number of thioether (sulfide) groups is 1. The molecule has 1 amide bonds. The molecule has 106 valence electrons. The number of carbonyl (C=O) groups is 1. The molecule has 0 radical (unpaired) electrons. The third-order valence-corrected chi connectivity index (χ3v) is 3.89. The van der Waals surface area contributed by atoms with Crippen LogP contribution in [0.4, 0.5) is 0 Å². The van der Waals surface area contributed by atoms with E-state index in [1.807, 2.05) is 6.92 Å². The Kier molecular flexibility index (Phi) is 4.53. The van der Waals surface area contributed by atoms with Gasteiger partial charge in [-0.05, 0) is 41.1 Å². The minimum atomic E-state index is -0.373. The van der Waals surface area contributed by atoms with Gasteiger partial charge in [0.15, 0.2) is 0 Å². The zero-order chi connectivity index (χ0) is 14.5. The molecule has 0 fully saturated rings. The summed E-state index contributed by atoms with van der Waals surface area (Å²) in [5, 5.41) is 20.8. The van der Waals surface area contributed by atoms with Crippen LogP contribution >= 0.6 is 11.8 Å². The number of hydrazine groups is 1. The normalized spacial score (nSPS) is 12.1. The average molecular weight is 294 g/mol. The second-order valence-corrected chi connectivity index (χ2v) is 5.08. The number of nitrogens with two attached hydrogens (primary N) is 1. The van der Waals surface area contributed by atoms with Crippen molar-refractivity contribution in [3.8, 4) is 11.4 Å². The van der Waals surface area contributed by atoms with Gasteiger partial charge in [0.2, 0.25) is 11.1 Å². The van der Waals surface area contributed by atoms with Crippen LogP contribution < -0.4 is 11.3 Å². The van der Waals surface area contributed by atoms with Crippen LogP contribution in [0, 0.1) is 0 Å². The maximum Gasteiger partial charge on any atom is 0.247 e. The fraction of sp³-hybridized carbons (Fsp3) is 0.273. The molecule has 0 aliphatic heterocycles. The predicted molar refractivity (Wildman–Crippen MR) is 73.1 cm³/mol. The van der Waals surface area contributed by atoms with Crippen molar-refractivity contribution >= 4 is 17.7 Å². The van der Waals surface area contributed by atoms with Gasteiger partial charge in [0.05, 0.1) is 10.9 Å². The Morgan fingerprint density at radius 2 is 2.20 bits per heavy atom. The molecule has 20 heavy (non-hydrogen) atoms. The Balaban J connectivity index is 2.24. The fourth-order valence-electron chi connectivity index (χ4n) is 1.55. The molecule has 1 unspecified atom stereocenters. The molecule has 2 rings (SSSR count). The summed E-state index contributed by atoms with van der Waals surface area (Å²) < 4.78 is 1.50. The van der Waals surface area contributed by atoms with Crippen LogP contribution in [0.2, 0.25) is 0 Å². The zero-order valence-corrected chi connectivity index (χ0v) is 11.5. The van der Waals surface area contributed by atoms with Gasteiger partial charge in [-0.1, -0.05) is 18.7 Å². The summed E-state index contributed by atoms with van der Waals surface area (Å²) in [7, 11) is 0. The van der Waals surface area contributed by atoms with Crippen molar-refractivity contribution in [3.63, 3.8) is 0 Å². The number of nitrogens with zero attached hydrogens (tertiary/aromatic N) is 4. The lowest BCUT2D eigenvalue weighted by molar-refractivity contribution is -0.120. The van der Waals surface area contributed by atoms with Gasteiger partial charge in [-0.25, -0.2) is 5.84 Å². The number of phenolic OH excluding ortho intramolecular Hbond substituents is 1. The third kappa shape index (κ3) is 3.06. The van der Waals surface area contributed by atoms with E-state index < -0.39 is 0 Å². The summed E-state index contributed by atoms with van der Waals surface area (Å²) in [6, 6.07) is 6.43. The zero-order valence-electron chi connectivity index (χ0n) is 10.7. The maximum atomic E-state index is 11.6.